The first-order chi connectivity index (χ1) is 15.9. The number of rotatable bonds is 4. The molecular formula is C27H33N3O3. The first-order valence-corrected chi connectivity index (χ1v) is 12.0. The predicted octanol–water partition coefficient (Wildman–Crippen LogP) is 4.99. The van der Waals surface area contributed by atoms with Crippen molar-refractivity contribution in [1.82, 2.24) is 9.80 Å². The molecule has 3 amide bonds. The highest BCUT2D eigenvalue weighted by Gasteiger charge is 2.28. The van der Waals surface area contributed by atoms with Crippen LogP contribution in [0.5, 0.6) is 0 Å². The third-order valence-electron chi connectivity index (χ3n) is 7.00. The lowest BCUT2D eigenvalue weighted by atomic mass is 9.89. The normalized spacial score (nSPS) is 17.6. The van der Waals surface area contributed by atoms with Crippen molar-refractivity contribution in [2.45, 2.75) is 39.5 Å². The number of likely N-dealkylation sites (tertiary alicyclic amines) is 2. The van der Waals surface area contributed by atoms with Gasteiger partial charge < -0.3 is 15.1 Å². The Kier molecular flexibility index (Phi) is 7.11. The minimum atomic E-state index is -0.159. The summed E-state index contributed by atoms with van der Waals surface area (Å²) in [6.45, 7) is 6.86. The number of piperidine rings is 2. The Morgan fingerprint density at radius 1 is 0.818 bits per heavy atom. The van der Waals surface area contributed by atoms with E-state index < -0.39 is 0 Å². The lowest BCUT2D eigenvalue weighted by molar-refractivity contribution is 0.0697. The Balaban J connectivity index is 1.31. The fourth-order valence-electron chi connectivity index (χ4n) is 4.71. The monoisotopic (exact) mass is 447 g/mol. The SMILES string of the molecule is Cc1cc(C(=O)N2CCC(C)CC2)ccc1NC(=O)N1CCC(C(=O)c2ccccc2)CC1. The number of carbonyl (C=O) groups excluding carboxylic acids is 3. The minimum absolute atomic E-state index is 0.0405. The van der Waals surface area contributed by atoms with Crippen molar-refractivity contribution in [2.75, 3.05) is 31.5 Å². The van der Waals surface area contributed by atoms with Gasteiger partial charge in [0.2, 0.25) is 0 Å². The molecule has 0 atom stereocenters. The van der Waals surface area contributed by atoms with Gasteiger partial charge in [-0.25, -0.2) is 4.79 Å². The second-order valence-corrected chi connectivity index (χ2v) is 9.43. The van der Waals surface area contributed by atoms with Crippen molar-refractivity contribution in [1.29, 1.82) is 0 Å². The topological polar surface area (TPSA) is 69.7 Å². The van der Waals surface area contributed by atoms with Gasteiger partial charge in [-0.1, -0.05) is 37.3 Å². The number of benzene rings is 2. The maximum Gasteiger partial charge on any atom is 0.321 e. The molecule has 2 saturated heterocycles. The molecule has 2 heterocycles. The molecule has 1 N–H and O–H groups in total. The van der Waals surface area contributed by atoms with Crippen molar-refractivity contribution >= 4 is 23.4 Å². The standard InChI is InChI=1S/C27H33N3O3/c1-19-10-14-29(15-11-19)26(32)23-8-9-24(20(2)18-23)28-27(33)30-16-12-22(13-17-30)25(31)21-6-4-3-5-7-21/h3-9,18-19,22H,10-17H2,1-2H3,(H,28,33). The first kappa shape index (κ1) is 23.0. The van der Waals surface area contributed by atoms with E-state index in [9.17, 15) is 14.4 Å². The lowest BCUT2D eigenvalue weighted by Crippen LogP contribution is -2.42. The molecule has 0 saturated carbocycles. The van der Waals surface area contributed by atoms with Crippen LogP contribution in [-0.4, -0.2) is 53.7 Å². The van der Waals surface area contributed by atoms with Crippen LogP contribution >= 0.6 is 0 Å². The van der Waals surface area contributed by atoms with Crippen LogP contribution in [0.3, 0.4) is 0 Å². The molecule has 0 aliphatic carbocycles. The number of hydrogen-bond donors (Lipinski definition) is 1. The van der Waals surface area contributed by atoms with Crippen molar-refractivity contribution in [3.63, 3.8) is 0 Å². The van der Waals surface area contributed by atoms with Gasteiger partial charge >= 0.3 is 6.03 Å². The van der Waals surface area contributed by atoms with Gasteiger partial charge in [-0.05, 0) is 62.3 Å². The number of hydrogen-bond acceptors (Lipinski definition) is 3. The van der Waals surface area contributed by atoms with Crippen LogP contribution in [0.2, 0.25) is 0 Å². The molecule has 6 heteroatoms. The van der Waals surface area contributed by atoms with Gasteiger partial charge in [0.25, 0.3) is 5.91 Å². The Morgan fingerprint density at radius 3 is 2.09 bits per heavy atom. The van der Waals surface area contributed by atoms with Crippen molar-refractivity contribution in [3.8, 4) is 0 Å². The zero-order valence-electron chi connectivity index (χ0n) is 19.5. The van der Waals surface area contributed by atoms with E-state index in [2.05, 4.69) is 12.2 Å². The lowest BCUT2D eigenvalue weighted by Gasteiger charge is -2.31. The molecule has 0 aromatic heterocycles. The summed E-state index contributed by atoms with van der Waals surface area (Å²) in [5.41, 5.74) is 2.99. The molecular weight excluding hydrogens is 414 g/mol. The van der Waals surface area contributed by atoms with Gasteiger partial charge in [-0.15, -0.1) is 0 Å². The second kappa shape index (κ2) is 10.2. The number of Topliss-reactive ketones (excluding diaryl/α,β-unsaturated/α-hetero) is 1. The molecule has 2 fully saturated rings. The number of carbonyl (C=O) groups is 3. The average molecular weight is 448 g/mol. The van der Waals surface area contributed by atoms with E-state index in [1.54, 1.807) is 11.0 Å². The number of anilines is 1. The van der Waals surface area contributed by atoms with Crippen molar-refractivity contribution in [3.05, 3.63) is 65.2 Å². The van der Waals surface area contributed by atoms with E-state index >= 15 is 0 Å². The summed E-state index contributed by atoms with van der Waals surface area (Å²) in [6.07, 6.45) is 3.43. The quantitative estimate of drug-likeness (QED) is 0.671. The number of urea groups is 1. The van der Waals surface area contributed by atoms with Crippen LogP contribution in [0, 0.1) is 18.8 Å². The van der Waals surface area contributed by atoms with Gasteiger partial charge in [-0.3, -0.25) is 9.59 Å². The summed E-state index contributed by atoms with van der Waals surface area (Å²) in [7, 11) is 0. The highest BCUT2D eigenvalue weighted by molar-refractivity contribution is 5.98. The van der Waals surface area contributed by atoms with Crippen molar-refractivity contribution in [2.24, 2.45) is 11.8 Å². The summed E-state index contributed by atoms with van der Waals surface area (Å²) < 4.78 is 0. The maximum absolute atomic E-state index is 12.8. The largest absolute Gasteiger partial charge is 0.339 e. The summed E-state index contributed by atoms with van der Waals surface area (Å²) in [6, 6.07) is 14.7. The van der Waals surface area contributed by atoms with Gasteiger partial charge in [0.05, 0.1) is 0 Å². The molecule has 0 spiro atoms. The van der Waals surface area contributed by atoms with E-state index in [0.29, 0.717) is 43.1 Å². The van der Waals surface area contributed by atoms with E-state index in [0.717, 1.165) is 37.1 Å². The highest BCUT2D eigenvalue weighted by Crippen LogP contribution is 2.24. The Morgan fingerprint density at radius 2 is 1.45 bits per heavy atom. The third-order valence-corrected chi connectivity index (χ3v) is 7.00. The Labute approximate surface area is 196 Å². The average Bonchev–Trinajstić information content (AvgIpc) is 2.85. The summed E-state index contributed by atoms with van der Waals surface area (Å²) in [4.78, 5) is 42.0. The molecule has 6 nitrogen and oxygen atoms in total. The zero-order valence-corrected chi connectivity index (χ0v) is 19.5. The van der Waals surface area contributed by atoms with Crippen LogP contribution in [0.15, 0.2) is 48.5 Å². The van der Waals surface area contributed by atoms with Crippen LogP contribution < -0.4 is 5.32 Å². The number of amides is 3. The molecule has 2 aromatic carbocycles. The summed E-state index contributed by atoms with van der Waals surface area (Å²) in [5.74, 6) is 0.860. The molecule has 0 unspecified atom stereocenters. The van der Waals surface area contributed by atoms with E-state index in [1.165, 1.54) is 0 Å². The third kappa shape index (κ3) is 5.44. The molecule has 0 bridgehead atoms. The van der Waals surface area contributed by atoms with E-state index in [1.807, 2.05) is 54.3 Å². The first-order valence-electron chi connectivity index (χ1n) is 12.0. The van der Waals surface area contributed by atoms with Crippen LogP contribution in [-0.2, 0) is 0 Å². The highest BCUT2D eigenvalue weighted by atomic mass is 16.2. The van der Waals surface area contributed by atoms with Crippen LogP contribution in [0.25, 0.3) is 0 Å². The molecule has 174 valence electrons. The number of nitrogens with one attached hydrogen (secondary N) is 1. The minimum Gasteiger partial charge on any atom is -0.339 e. The van der Waals surface area contributed by atoms with Crippen LogP contribution in [0.1, 0.15) is 58.9 Å². The second-order valence-electron chi connectivity index (χ2n) is 9.43. The maximum atomic E-state index is 12.8. The summed E-state index contributed by atoms with van der Waals surface area (Å²) in [5, 5.41) is 2.98. The smallest absolute Gasteiger partial charge is 0.321 e. The van der Waals surface area contributed by atoms with Gasteiger partial charge in [0, 0.05) is 48.9 Å². The summed E-state index contributed by atoms with van der Waals surface area (Å²) >= 11 is 0. The van der Waals surface area contributed by atoms with Gasteiger partial charge in [0.1, 0.15) is 0 Å². The Hall–Kier alpha value is -3.15. The van der Waals surface area contributed by atoms with Gasteiger partial charge in [-0.2, -0.15) is 0 Å². The molecule has 33 heavy (non-hydrogen) atoms. The molecule has 2 aliphatic heterocycles. The molecule has 0 radical (unpaired) electrons. The fourth-order valence-corrected chi connectivity index (χ4v) is 4.71. The molecule has 4 rings (SSSR count). The Bertz CT molecular complexity index is 1000. The van der Waals surface area contributed by atoms with E-state index in [4.69, 9.17) is 0 Å². The van der Waals surface area contributed by atoms with Crippen LogP contribution in [0.4, 0.5) is 10.5 Å². The fraction of sp³-hybridized carbons (Fsp3) is 0.444. The van der Waals surface area contributed by atoms with E-state index in [-0.39, 0.29) is 23.6 Å². The van der Waals surface area contributed by atoms with Gasteiger partial charge in [0.15, 0.2) is 5.78 Å². The zero-order chi connectivity index (χ0) is 23.4. The van der Waals surface area contributed by atoms with Crippen molar-refractivity contribution < 1.29 is 14.4 Å². The number of aryl methyl sites for hydroxylation is 1. The number of ketones is 1. The predicted molar refractivity (Wildman–Crippen MR) is 130 cm³/mol. The number of nitrogens with zero attached hydrogens (tertiary/aromatic N) is 2. The molecule has 2 aromatic rings. The molecule has 2 aliphatic rings.